The molecule has 3 rings (SSSR count). The third-order valence-corrected chi connectivity index (χ3v) is 2.55. The first-order chi connectivity index (χ1) is 7.74. The minimum absolute atomic E-state index is 0.423. The predicted octanol–water partition coefficient (Wildman–Crippen LogP) is 1.26. The zero-order valence-electron chi connectivity index (χ0n) is 8.08. The summed E-state index contributed by atoms with van der Waals surface area (Å²) in [6.07, 6.45) is 8.71. The number of imidazole rings is 1. The molecule has 0 atom stereocenters. The van der Waals surface area contributed by atoms with Gasteiger partial charge in [-0.1, -0.05) is 0 Å². The molecule has 0 spiro atoms. The van der Waals surface area contributed by atoms with Crippen molar-refractivity contribution in [2.24, 2.45) is 0 Å². The quantitative estimate of drug-likeness (QED) is 0.727. The largest absolute Gasteiger partial charge is 0.382 e. The van der Waals surface area contributed by atoms with Crippen molar-refractivity contribution < 1.29 is 0 Å². The molecule has 0 unspecified atom stereocenters. The Morgan fingerprint density at radius 1 is 1.31 bits per heavy atom. The normalized spacial score (nSPS) is 11.1. The van der Waals surface area contributed by atoms with E-state index >= 15 is 0 Å². The summed E-state index contributed by atoms with van der Waals surface area (Å²) < 4.78 is 4.32. The van der Waals surface area contributed by atoms with E-state index in [4.69, 9.17) is 5.73 Å². The number of anilines is 1. The lowest BCUT2D eigenvalue weighted by atomic mass is 10.5. The summed E-state index contributed by atoms with van der Waals surface area (Å²) in [4.78, 5) is 8.45. The highest BCUT2D eigenvalue weighted by atomic mass is 79.9. The van der Waals surface area contributed by atoms with Crippen molar-refractivity contribution in [3.63, 3.8) is 0 Å². The highest BCUT2D eigenvalue weighted by Gasteiger charge is 2.09. The van der Waals surface area contributed by atoms with Crippen molar-refractivity contribution >= 4 is 27.4 Å². The van der Waals surface area contributed by atoms with Crippen LogP contribution in [-0.2, 0) is 0 Å². The van der Waals surface area contributed by atoms with Gasteiger partial charge in [-0.25, -0.2) is 14.6 Å². The number of nitrogens with zero attached hydrogens (tertiary/aromatic N) is 5. The second-order valence-corrected chi connectivity index (χ2v) is 4.17. The molecule has 3 aromatic heterocycles. The molecule has 0 bridgehead atoms. The van der Waals surface area contributed by atoms with Crippen LogP contribution in [0.15, 0.2) is 35.5 Å². The Morgan fingerprint density at radius 3 is 2.94 bits per heavy atom. The van der Waals surface area contributed by atoms with E-state index in [-0.39, 0.29) is 0 Å². The van der Waals surface area contributed by atoms with Gasteiger partial charge in [0.15, 0.2) is 11.5 Å². The van der Waals surface area contributed by atoms with Gasteiger partial charge in [0.25, 0.3) is 0 Å². The minimum atomic E-state index is 0.423. The molecule has 0 radical (unpaired) electrons. The highest BCUT2D eigenvalue weighted by Crippen LogP contribution is 2.16. The highest BCUT2D eigenvalue weighted by molar-refractivity contribution is 9.10. The molecule has 0 aromatic carbocycles. The Bertz CT molecular complexity index is 655. The summed E-state index contributed by atoms with van der Waals surface area (Å²) in [7, 11) is 0. The number of halogens is 1. The Morgan fingerprint density at radius 2 is 2.19 bits per heavy atom. The van der Waals surface area contributed by atoms with E-state index in [1.807, 2.05) is 10.6 Å². The van der Waals surface area contributed by atoms with Crippen LogP contribution in [0, 0.1) is 0 Å². The molecule has 6 nitrogen and oxygen atoms in total. The molecule has 80 valence electrons. The average Bonchev–Trinajstić information content (AvgIpc) is 2.84. The van der Waals surface area contributed by atoms with Gasteiger partial charge in [-0.2, -0.15) is 5.10 Å². The molecule has 0 aliphatic rings. The van der Waals surface area contributed by atoms with Crippen LogP contribution >= 0.6 is 15.9 Å². The lowest BCUT2D eigenvalue weighted by Crippen LogP contribution is -2.05. The van der Waals surface area contributed by atoms with Gasteiger partial charge in [-0.05, 0) is 15.9 Å². The second kappa shape index (κ2) is 3.31. The van der Waals surface area contributed by atoms with Crippen molar-refractivity contribution in [3.8, 4) is 5.82 Å². The van der Waals surface area contributed by atoms with E-state index in [9.17, 15) is 0 Å². The fourth-order valence-electron chi connectivity index (χ4n) is 1.50. The summed E-state index contributed by atoms with van der Waals surface area (Å²) in [5.74, 6) is 1.03. The molecule has 3 heterocycles. The topological polar surface area (TPSA) is 74.0 Å². The first-order valence-corrected chi connectivity index (χ1v) is 5.33. The molecule has 0 fully saturated rings. The molecular formula is C9H7BrN6. The van der Waals surface area contributed by atoms with Crippen LogP contribution in [0.25, 0.3) is 11.5 Å². The van der Waals surface area contributed by atoms with Crippen molar-refractivity contribution in [1.82, 2.24) is 24.1 Å². The maximum Gasteiger partial charge on any atom is 0.199 e. The van der Waals surface area contributed by atoms with Gasteiger partial charge in [0.05, 0.1) is 16.9 Å². The number of aromatic nitrogens is 5. The number of fused-ring (bicyclic) bond motifs is 1. The summed E-state index contributed by atoms with van der Waals surface area (Å²) >= 11 is 3.33. The number of rotatable bonds is 1. The van der Waals surface area contributed by atoms with Crippen LogP contribution < -0.4 is 5.73 Å². The molecule has 7 heteroatoms. The number of nitrogens with two attached hydrogens (primary N) is 1. The first-order valence-electron chi connectivity index (χ1n) is 4.54. The molecule has 0 amide bonds. The van der Waals surface area contributed by atoms with Crippen molar-refractivity contribution in [3.05, 3.63) is 35.5 Å². The second-order valence-electron chi connectivity index (χ2n) is 3.25. The Kier molecular flexibility index (Phi) is 1.93. The molecule has 0 saturated heterocycles. The predicted molar refractivity (Wildman–Crippen MR) is 62.2 cm³/mol. The summed E-state index contributed by atoms with van der Waals surface area (Å²) in [6.45, 7) is 0. The maximum absolute atomic E-state index is 5.72. The molecule has 3 aromatic rings. The average molecular weight is 279 g/mol. The van der Waals surface area contributed by atoms with Crippen molar-refractivity contribution in [1.29, 1.82) is 0 Å². The number of nitrogen functional groups attached to an aromatic ring is 1. The minimum Gasteiger partial charge on any atom is -0.382 e. The third-order valence-electron chi connectivity index (χ3n) is 2.14. The molecule has 16 heavy (non-hydrogen) atoms. The molecule has 2 N–H and O–H groups in total. The van der Waals surface area contributed by atoms with Crippen LogP contribution in [0.1, 0.15) is 0 Å². The fraction of sp³-hybridized carbons (Fsp3) is 0. The summed E-state index contributed by atoms with van der Waals surface area (Å²) in [5.41, 5.74) is 6.43. The summed E-state index contributed by atoms with van der Waals surface area (Å²) in [6, 6.07) is 0. The van der Waals surface area contributed by atoms with Crippen molar-refractivity contribution in [2.45, 2.75) is 0 Å². The van der Waals surface area contributed by atoms with Crippen LogP contribution in [0.5, 0.6) is 0 Å². The smallest absolute Gasteiger partial charge is 0.199 e. The van der Waals surface area contributed by atoms with Crippen molar-refractivity contribution in [2.75, 3.05) is 5.73 Å². The van der Waals surface area contributed by atoms with E-state index in [0.717, 1.165) is 4.47 Å². The van der Waals surface area contributed by atoms with Gasteiger partial charge in [0.1, 0.15) is 5.82 Å². The van der Waals surface area contributed by atoms with Crippen LogP contribution in [-0.4, -0.2) is 24.1 Å². The van der Waals surface area contributed by atoms with Gasteiger partial charge < -0.3 is 10.1 Å². The lowest BCUT2D eigenvalue weighted by molar-refractivity contribution is 0.844. The van der Waals surface area contributed by atoms with Gasteiger partial charge in [-0.15, -0.1) is 0 Å². The molecular weight excluding hydrogens is 272 g/mol. The van der Waals surface area contributed by atoms with Crippen LogP contribution in [0.2, 0.25) is 0 Å². The maximum atomic E-state index is 5.72. The van der Waals surface area contributed by atoms with E-state index in [2.05, 4.69) is 31.0 Å². The van der Waals surface area contributed by atoms with Gasteiger partial charge in [0, 0.05) is 18.6 Å². The third kappa shape index (κ3) is 1.36. The van der Waals surface area contributed by atoms with Gasteiger partial charge in [0.2, 0.25) is 0 Å². The van der Waals surface area contributed by atoms with E-state index in [1.54, 1.807) is 29.5 Å². The van der Waals surface area contributed by atoms with E-state index in [1.165, 1.54) is 0 Å². The fourth-order valence-corrected chi connectivity index (χ4v) is 1.79. The number of hydrogen-bond acceptors (Lipinski definition) is 4. The number of hydrogen-bond donors (Lipinski definition) is 1. The zero-order valence-corrected chi connectivity index (χ0v) is 9.66. The Labute approximate surface area is 98.9 Å². The summed E-state index contributed by atoms with van der Waals surface area (Å²) in [5, 5.41) is 4.16. The Balaban J connectivity index is 2.33. The monoisotopic (exact) mass is 278 g/mol. The SMILES string of the molecule is Nc1cn2ccnc2c(-n2cc(Br)cn2)n1. The standard InChI is InChI=1S/C9H7BrN6/c10-6-3-13-16(4-6)9-8-12-1-2-15(8)5-7(11)14-9/h1-5H,11H2. The molecule has 0 aliphatic heterocycles. The lowest BCUT2D eigenvalue weighted by Gasteiger charge is -2.03. The van der Waals surface area contributed by atoms with Gasteiger partial charge >= 0.3 is 0 Å². The van der Waals surface area contributed by atoms with Gasteiger partial charge in [-0.3, -0.25) is 0 Å². The molecule has 0 saturated carbocycles. The first kappa shape index (κ1) is 9.34. The van der Waals surface area contributed by atoms with Crippen LogP contribution in [0.4, 0.5) is 5.82 Å². The molecule has 0 aliphatic carbocycles. The van der Waals surface area contributed by atoms with Crippen LogP contribution in [0.3, 0.4) is 0 Å². The van der Waals surface area contributed by atoms with E-state index in [0.29, 0.717) is 17.3 Å². The van der Waals surface area contributed by atoms with E-state index < -0.39 is 0 Å². The zero-order chi connectivity index (χ0) is 11.1. The Hall–Kier alpha value is -1.89.